The Morgan fingerprint density at radius 3 is 2.06 bits per heavy atom. The molecule has 0 radical (unpaired) electrons. The van der Waals surface area contributed by atoms with Crippen LogP contribution in [0.1, 0.15) is 43.0 Å². The van der Waals surface area contributed by atoms with E-state index in [0.717, 1.165) is 72.4 Å². The second-order valence-electron chi connectivity index (χ2n) is 14.5. The summed E-state index contributed by atoms with van der Waals surface area (Å²) in [6.45, 7) is 13.2. The van der Waals surface area contributed by atoms with Crippen LogP contribution >= 0.6 is 0 Å². The number of aromatic nitrogens is 5. The van der Waals surface area contributed by atoms with Crippen molar-refractivity contribution in [3.63, 3.8) is 0 Å². The highest BCUT2D eigenvalue weighted by molar-refractivity contribution is 6.11. The van der Waals surface area contributed by atoms with Crippen LogP contribution in [-0.4, -0.2) is 23.9 Å². The summed E-state index contributed by atoms with van der Waals surface area (Å²) < 4.78 is 11.2. The molecule has 6 heteroatoms. The number of para-hydroxylation sites is 1. The van der Waals surface area contributed by atoms with Gasteiger partial charge in [0.05, 0.1) is 16.9 Å². The summed E-state index contributed by atoms with van der Waals surface area (Å²) in [5.41, 5.74) is 11.6. The maximum absolute atomic E-state index is 6.80. The summed E-state index contributed by atoms with van der Waals surface area (Å²) in [4.78, 5) is 14.9. The zero-order valence-electron chi connectivity index (χ0n) is 29.1. The van der Waals surface area contributed by atoms with Gasteiger partial charge in [0, 0.05) is 51.8 Å². The molecule has 0 fully saturated rings. The Bertz CT molecular complexity index is 2740. The summed E-state index contributed by atoms with van der Waals surface area (Å²) in [7, 11) is 0. The molecule has 0 aliphatic heterocycles. The second kappa shape index (κ2) is 11.0. The topological polar surface area (TPSA) is 57.2 Å². The molecule has 5 heterocycles. The quantitative estimate of drug-likeness (QED) is 0.178. The largest absolute Gasteiger partial charge is 0.457 e. The molecule has 0 bridgehead atoms. The molecule has 4 aromatic carbocycles. The smallest absolute Gasteiger partial charge is 0.147 e. The number of fused-ring (bicyclic) bond motifs is 9. The first-order chi connectivity index (χ1) is 24.1. The molecular formula is C44H37N5O. The highest BCUT2D eigenvalue weighted by Crippen LogP contribution is 2.39. The normalized spacial score (nSPS) is 12.2. The van der Waals surface area contributed by atoms with E-state index in [0.29, 0.717) is 0 Å². The van der Waals surface area contributed by atoms with Gasteiger partial charge in [-0.15, -0.1) is 0 Å². The zero-order valence-corrected chi connectivity index (χ0v) is 29.1. The number of imidazole rings is 1. The lowest BCUT2D eigenvalue weighted by molar-refractivity contribution is 0.479. The van der Waals surface area contributed by atoms with Gasteiger partial charge in [0.2, 0.25) is 0 Å². The van der Waals surface area contributed by atoms with E-state index in [9.17, 15) is 0 Å². The van der Waals surface area contributed by atoms with Crippen LogP contribution < -0.4 is 4.74 Å². The highest BCUT2D eigenvalue weighted by Gasteiger charge is 2.21. The average molecular weight is 652 g/mol. The zero-order chi connectivity index (χ0) is 34.3. The molecule has 0 saturated heterocycles. The third kappa shape index (κ3) is 4.74. The molecule has 0 aliphatic rings. The van der Waals surface area contributed by atoms with Crippen LogP contribution in [-0.2, 0) is 5.41 Å². The number of benzene rings is 4. The lowest BCUT2D eigenvalue weighted by Crippen LogP contribution is -2.12. The van der Waals surface area contributed by atoms with Crippen LogP contribution in [0.25, 0.3) is 66.3 Å². The standard InChI is InChI=1S/C44H37N5O/c1-26-19-27(2)40(28(3)20-26)38-25-48-41-35(12-9-17-45-41)33-16-15-31(24-37(33)43(48)47-38)50-32-22-29(44(4,5)6)21-30(23-32)49-39-14-8-7-11-34(39)36-13-10-18-46-42(36)49/h7-25H,1-6H3. The van der Waals surface area contributed by atoms with Gasteiger partial charge in [0.25, 0.3) is 0 Å². The lowest BCUT2D eigenvalue weighted by atomic mass is 9.86. The number of aryl methyl sites for hydroxylation is 3. The number of rotatable bonds is 4. The minimum Gasteiger partial charge on any atom is -0.457 e. The summed E-state index contributed by atoms with van der Waals surface area (Å²) >= 11 is 0. The van der Waals surface area contributed by atoms with Crippen molar-refractivity contribution >= 4 is 49.4 Å². The first kappa shape index (κ1) is 30.1. The van der Waals surface area contributed by atoms with Gasteiger partial charge in [-0.1, -0.05) is 56.7 Å². The van der Waals surface area contributed by atoms with Crippen molar-refractivity contribution in [2.75, 3.05) is 0 Å². The van der Waals surface area contributed by atoms with Crippen molar-refractivity contribution in [2.24, 2.45) is 0 Å². The SMILES string of the molecule is Cc1cc(C)c(-c2cn3c4ncccc4c4ccc(Oc5cc(-n6c7ccccc7c7cccnc76)cc(C(C)(C)C)c5)cc4c3n2)c(C)c1. The van der Waals surface area contributed by atoms with E-state index in [1.165, 1.54) is 27.6 Å². The number of pyridine rings is 3. The molecule has 0 spiro atoms. The molecule has 9 aromatic rings. The van der Waals surface area contributed by atoms with Crippen LogP contribution in [0, 0.1) is 20.8 Å². The molecular weight excluding hydrogens is 615 g/mol. The van der Waals surface area contributed by atoms with Gasteiger partial charge in [0.15, 0.2) is 0 Å². The minimum absolute atomic E-state index is 0.111. The van der Waals surface area contributed by atoms with E-state index < -0.39 is 0 Å². The Labute approximate surface area is 290 Å². The fourth-order valence-corrected chi connectivity index (χ4v) is 7.64. The Balaban J connectivity index is 1.23. The van der Waals surface area contributed by atoms with Gasteiger partial charge in [0.1, 0.15) is 28.4 Å². The monoisotopic (exact) mass is 651 g/mol. The molecule has 9 rings (SSSR count). The Kier molecular flexibility index (Phi) is 6.62. The summed E-state index contributed by atoms with van der Waals surface area (Å²) in [5, 5.41) is 5.47. The molecule has 0 amide bonds. The van der Waals surface area contributed by atoms with Gasteiger partial charge < -0.3 is 4.74 Å². The van der Waals surface area contributed by atoms with Crippen molar-refractivity contribution < 1.29 is 4.74 Å². The van der Waals surface area contributed by atoms with Crippen molar-refractivity contribution in [1.29, 1.82) is 0 Å². The number of nitrogens with zero attached hydrogens (tertiary/aromatic N) is 5. The fraction of sp³-hybridized carbons (Fsp3) is 0.159. The van der Waals surface area contributed by atoms with Crippen LogP contribution in [0.2, 0.25) is 0 Å². The lowest BCUT2D eigenvalue weighted by Gasteiger charge is -2.22. The molecule has 5 aromatic heterocycles. The Hall–Kier alpha value is -6.01. The van der Waals surface area contributed by atoms with Gasteiger partial charge >= 0.3 is 0 Å². The molecule has 0 unspecified atom stereocenters. The first-order valence-electron chi connectivity index (χ1n) is 17.1. The van der Waals surface area contributed by atoms with Gasteiger partial charge in [-0.3, -0.25) is 8.97 Å². The number of ether oxygens (including phenoxy) is 1. The molecule has 244 valence electrons. The molecule has 0 N–H and O–H groups in total. The average Bonchev–Trinajstić information content (AvgIpc) is 3.68. The van der Waals surface area contributed by atoms with Crippen molar-refractivity contribution in [1.82, 2.24) is 23.9 Å². The molecule has 50 heavy (non-hydrogen) atoms. The summed E-state index contributed by atoms with van der Waals surface area (Å²) in [6, 6.07) is 34.1. The van der Waals surface area contributed by atoms with Crippen LogP contribution in [0.5, 0.6) is 11.5 Å². The van der Waals surface area contributed by atoms with Crippen molar-refractivity contribution in [3.05, 3.63) is 138 Å². The molecule has 0 aliphatic carbocycles. The van der Waals surface area contributed by atoms with E-state index in [1.807, 2.05) is 24.5 Å². The Morgan fingerprint density at radius 1 is 0.600 bits per heavy atom. The third-order valence-corrected chi connectivity index (χ3v) is 9.86. The van der Waals surface area contributed by atoms with Crippen molar-refractivity contribution in [2.45, 2.75) is 47.0 Å². The second-order valence-corrected chi connectivity index (χ2v) is 14.5. The van der Waals surface area contributed by atoms with Crippen molar-refractivity contribution in [3.8, 4) is 28.4 Å². The maximum Gasteiger partial charge on any atom is 0.147 e. The summed E-state index contributed by atoms with van der Waals surface area (Å²) in [6.07, 6.45) is 5.83. The van der Waals surface area contributed by atoms with Gasteiger partial charge in [-0.25, -0.2) is 15.0 Å². The molecule has 0 atom stereocenters. The van der Waals surface area contributed by atoms with E-state index in [-0.39, 0.29) is 5.41 Å². The van der Waals surface area contributed by atoms with E-state index in [2.05, 4.69) is 142 Å². The fourth-order valence-electron chi connectivity index (χ4n) is 7.64. The maximum atomic E-state index is 6.80. The van der Waals surface area contributed by atoms with E-state index >= 15 is 0 Å². The van der Waals surface area contributed by atoms with Crippen LogP contribution in [0.4, 0.5) is 0 Å². The first-order valence-corrected chi connectivity index (χ1v) is 17.1. The predicted octanol–water partition coefficient (Wildman–Crippen LogP) is 11.2. The molecule has 0 saturated carbocycles. The van der Waals surface area contributed by atoms with Gasteiger partial charge in [-0.05, 0) is 109 Å². The van der Waals surface area contributed by atoms with E-state index in [1.54, 1.807) is 0 Å². The molecule has 6 nitrogen and oxygen atoms in total. The third-order valence-electron chi connectivity index (χ3n) is 9.86. The number of hydrogen-bond acceptors (Lipinski definition) is 4. The van der Waals surface area contributed by atoms with Crippen LogP contribution in [0.15, 0.2) is 116 Å². The van der Waals surface area contributed by atoms with Crippen LogP contribution in [0.3, 0.4) is 0 Å². The highest BCUT2D eigenvalue weighted by atomic mass is 16.5. The summed E-state index contributed by atoms with van der Waals surface area (Å²) in [5.74, 6) is 1.51. The minimum atomic E-state index is -0.111. The predicted molar refractivity (Wildman–Crippen MR) is 205 cm³/mol. The van der Waals surface area contributed by atoms with Gasteiger partial charge in [-0.2, -0.15) is 0 Å². The van der Waals surface area contributed by atoms with E-state index in [4.69, 9.17) is 19.7 Å². The Morgan fingerprint density at radius 2 is 1.30 bits per heavy atom. The number of hydrogen-bond donors (Lipinski definition) is 0.